The van der Waals surface area contributed by atoms with Gasteiger partial charge in [-0.25, -0.2) is 4.84 Å². The lowest BCUT2D eigenvalue weighted by atomic mass is 9.75. The summed E-state index contributed by atoms with van der Waals surface area (Å²) in [6.07, 6.45) is 2.36. The van der Waals surface area contributed by atoms with Crippen molar-refractivity contribution in [2.24, 2.45) is 5.92 Å². The van der Waals surface area contributed by atoms with Gasteiger partial charge >= 0.3 is 0 Å². The number of hydrogen-bond acceptors (Lipinski definition) is 3. The van der Waals surface area contributed by atoms with Crippen LogP contribution in [-0.4, -0.2) is 53.8 Å². The molecule has 5 heteroatoms. The molecule has 0 aliphatic carbocycles. The fraction of sp³-hybridized carbons (Fsp3) is 1.00. The minimum Gasteiger partial charge on any atom is -0.300 e. The van der Waals surface area contributed by atoms with Gasteiger partial charge in [-0.2, -0.15) is 0 Å². The van der Waals surface area contributed by atoms with Crippen LogP contribution in [-0.2, 0) is 4.84 Å². The van der Waals surface area contributed by atoms with Gasteiger partial charge in [0.1, 0.15) is 4.87 Å². The Bertz CT molecular complexity index is 275. The molecule has 0 saturated carbocycles. The van der Waals surface area contributed by atoms with E-state index in [2.05, 4.69) is 4.90 Å². The maximum absolute atomic E-state index is 11.4. The van der Waals surface area contributed by atoms with E-state index >= 15 is 0 Å². The van der Waals surface area contributed by atoms with Gasteiger partial charge in [0.25, 0.3) is 6.54 Å². The standard InChI is InChI=1S/C9H16N3O2/c1-10-12(13)7-9(14-10)6-11-4-2-8(9)3-5-11/h8H,2-7H2,1H3/q+1. The van der Waals surface area contributed by atoms with Gasteiger partial charge in [-0.3, -0.25) is 0 Å². The Hall–Kier alpha value is -0.680. The molecular weight excluding hydrogens is 182 g/mol. The third-order valence-electron chi connectivity index (χ3n) is 3.85. The average molecular weight is 198 g/mol. The molecule has 0 aromatic heterocycles. The molecule has 4 fully saturated rings. The van der Waals surface area contributed by atoms with Gasteiger partial charge in [-0.05, 0) is 31.1 Å². The van der Waals surface area contributed by atoms with Crippen LogP contribution in [0.1, 0.15) is 12.8 Å². The van der Waals surface area contributed by atoms with Crippen molar-refractivity contribution in [3.05, 3.63) is 4.91 Å². The third kappa shape index (κ3) is 1.02. The van der Waals surface area contributed by atoms with Crippen molar-refractivity contribution in [1.82, 2.24) is 10.1 Å². The van der Waals surface area contributed by atoms with E-state index in [1.165, 1.54) is 31.1 Å². The predicted molar refractivity (Wildman–Crippen MR) is 49.2 cm³/mol. The predicted octanol–water partition coefficient (Wildman–Crippen LogP) is 0.0217. The Morgan fingerprint density at radius 1 is 1.43 bits per heavy atom. The second-order valence-corrected chi connectivity index (χ2v) is 4.68. The lowest BCUT2D eigenvalue weighted by Gasteiger charge is -2.47. The minimum absolute atomic E-state index is 0.201. The molecular formula is C9H16N3O2+. The van der Waals surface area contributed by atoms with E-state index in [1.54, 1.807) is 7.05 Å². The Morgan fingerprint density at radius 2 is 2.14 bits per heavy atom. The molecule has 1 spiro atoms. The molecule has 5 nitrogen and oxygen atoms in total. The van der Waals surface area contributed by atoms with Gasteiger partial charge in [0, 0.05) is 12.5 Å². The number of piperidine rings is 3. The highest BCUT2D eigenvalue weighted by atomic mass is 16.8. The van der Waals surface area contributed by atoms with Gasteiger partial charge in [-0.1, -0.05) is 0 Å². The SMILES string of the molecule is CN1OC2(CN3CCC2CC3)C[N+]1=O. The first-order valence-corrected chi connectivity index (χ1v) is 5.29. The number of hydrogen-bond donors (Lipinski definition) is 0. The number of nitroso groups, excluding NO2 is 1. The zero-order valence-corrected chi connectivity index (χ0v) is 8.48. The Kier molecular flexibility index (Phi) is 1.64. The summed E-state index contributed by atoms with van der Waals surface area (Å²) >= 11 is 0. The van der Waals surface area contributed by atoms with Crippen LogP contribution in [0.4, 0.5) is 0 Å². The van der Waals surface area contributed by atoms with Crippen LogP contribution in [0, 0.1) is 10.8 Å². The highest BCUT2D eigenvalue weighted by Crippen LogP contribution is 2.41. The number of hydroxylamine groups is 1. The van der Waals surface area contributed by atoms with Crippen molar-refractivity contribution in [3.8, 4) is 0 Å². The van der Waals surface area contributed by atoms with Crippen molar-refractivity contribution < 1.29 is 9.71 Å². The third-order valence-corrected chi connectivity index (χ3v) is 3.85. The quantitative estimate of drug-likeness (QED) is 0.514. The topological polar surface area (TPSA) is 35.8 Å². The lowest BCUT2D eigenvalue weighted by molar-refractivity contribution is -0.727. The van der Waals surface area contributed by atoms with E-state index in [-0.39, 0.29) is 5.60 Å². The first-order chi connectivity index (χ1) is 6.70. The Labute approximate surface area is 83.1 Å². The summed E-state index contributed by atoms with van der Waals surface area (Å²) in [4.78, 5) is 20.5. The molecule has 0 N–H and O–H groups in total. The lowest BCUT2D eigenvalue weighted by Crippen LogP contribution is -2.60. The summed E-state index contributed by atoms with van der Waals surface area (Å²) in [5.41, 5.74) is -0.201. The van der Waals surface area contributed by atoms with E-state index < -0.39 is 0 Å². The molecule has 0 amide bonds. The fourth-order valence-corrected chi connectivity index (χ4v) is 3.07. The number of rotatable bonds is 0. The smallest absolute Gasteiger partial charge is 0.260 e. The van der Waals surface area contributed by atoms with E-state index in [0.29, 0.717) is 12.5 Å². The minimum atomic E-state index is -0.201. The van der Waals surface area contributed by atoms with Crippen LogP contribution in [0.25, 0.3) is 0 Å². The maximum Gasteiger partial charge on any atom is 0.260 e. The molecule has 14 heavy (non-hydrogen) atoms. The summed E-state index contributed by atoms with van der Waals surface area (Å²) < 4.78 is 0. The van der Waals surface area contributed by atoms with Gasteiger partial charge < -0.3 is 4.90 Å². The van der Waals surface area contributed by atoms with Gasteiger partial charge in [0.15, 0.2) is 5.60 Å². The van der Waals surface area contributed by atoms with Crippen LogP contribution >= 0.6 is 0 Å². The first-order valence-electron chi connectivity index (χ1n) is 5.29. The van der Waals surface area contributed by atoms with Gasteiger partial charge in [-0.15, -0.1) is 0 Å². The van der Waals surface area contributed by atoms with E-state index in [4.69, 9.17) is 4.84 Å². The molecule has 0 aromatic carbocycles. The first kappa shape index (κ1) is 8.61. The zero-order chi connectivity index (χ0) is 9.76. The van der Waals surface area contributed by atoms with Crippen molar-refractivity contribution in [1.29, 1.82) is 0 Å². The highest BCUT2D eigenvalue weighted by Gasteiger charge is 2.59. The number of fused-ring (bicyclic) bond motifs is 2. The monoisotopic (exact) mass is 198 g/mol. The highest BCUT2D eigenvalue weighted by molar-refractivity contribution is 4.99. The second-order valence-electron chi connectivity index (χ2n) is 4.68. The summed E-state index contributed by atoms with van der Waals surface area (Å²) in [5, 5.41) is 1.35. The van der Waals surface area contributed by atoms with E-state index in [9.17, 15) is 4.91 Å². The molecule has 78 valence electrons. The molecule has 4 rings (SSSR count). The van der Waals surface area contributed by atoms with Crippen LogP contribution in [0.15, 0.2) is 0 Å². The summed E-state index contributed by atoms with van der Waals surface area (Å²) in [6.45, 7) is 3.79. The molecule has 4 aliphatic rings. The van der Waals surface area contributed by atoms with Crippen molar-refractivity contribution in [3.63, 3.8) is 0 Å². The summed E-state index contributed by atoms with van der Waals surface area (Å²) in [6, 6.07) is 0. The summed E-state index contributed by atoms with van der Waals surface area (Å²) in [5.74, 6) is 0.578. The maximum atomic E-state index is 11.4. The van der Waals surface area contributed by atoms with E-state index in [0.717, 1.165) is 11.4 Å². The van der Waals surface area contributed by atoms with Gasteiger partial charge in [0.2, 0.25) is 0 Å². The van der Waals surface area contributed by atoms with Crippen LogP contribution in [0.2, 0.25) is 0 Å². The molecule has 4 aliphatic heterocycles. The molecule has 4 saturated heterocycles. The Morgan fingerprint density at radius 3 is 2.57 bits per heavy atom. The van der Waals surface area contributed by atoms with Crippen molar-refractivity contribution in [2.75, 3.05) is 33.2 Å². The Balaban J connectivity index is 1.87. The second kappa shape index (κ2) is 2.67. The molecule has 2 bridgehead atoms. The fourth-order valence-electron chi connectivity index (χ4n) is 3.07. The van der Waals surface area contributed by atoms with Crippen molar-refractivity contribution >= 4 is 0 Å². The van der Waals surface area contributed by atoms with Crippen molar-refractivity contribution in [2.45, 2.75) is 18.4 Å². The van der Waals surface area contributed by atoms with E-state index in [1.807, 2.05) is 0 Å². The van der Waals surface area contributed by atoms with Gasteiger partial charge in [0.05, 0.1) is 12.0 Å². The zero-order valence-electron chi connectivity index (χ0n) is 8.48. The number of nitrogens with zero attached hydrogens (tertiary/aromatic N) is 3. The average Bonchev–Trinajstić information content (AvgIpc) is 2.43. The molecule has 0 aromatic rings. The molecule has 1 atom stereocenters. The normalized spacial score (nSPS) is 46.6. The number of hydrazine groups is 1. The van der Waals surface area contributed by atoms with Crippen LogP contribution < -0.4 is 0 Å². The largest absolute Gasteiger partial charge is 0.300 e. The molecule has 0 radical (unpaired) electrons. The molecule has 1 unspecified atom stereocenters. The summed E-state index contributed by atoms with van der Waals surface area (Å²) in [7, 11) is 1.69. The van der Waals surface area contributed by atoms with Crippen LogP contribution in [0.3, 0.4) is 0 Å². The van der Waals surface area contributed by atoms with Crippen LogP contribution in [0.5, 0.6) is 0 Å². The molecule has 4 heterocycles.